The SMILES string of the molecule is CNSc1c(C)c(C)c(C)c(C)c1C. The molecule has 0 radical (unpaired) electrons. The molecule has 1 rings (SSSR count). The van der Waals surface area contributed by atoms with E-state index in [2.05, 4.69) is 39.3 Å². The van der Waals surface area contributed by atoms with Gasteiger partial charge in [0.25, 0.3) is 0 Å². The highest BCUT2D eigenvalue weighted by molar-refractivity contribution is 7.97. The van der Waals surface area contributed by atoms with Crippen LogP contribution in [0.15, 0.2) is 4.90 Å². The smallest absolute Gasteiger partial charge is 0.0291 e. The molecule has 78 valence electrons. The summed E-state index contributed by atoms with van der Waals surface area (Å²) in [5.41, 5.74) is 7.09. The van der Waals surface area contributed by atoms with Gasteiger partial charge in [-0.15, -0.1) is 0 Å². The average molecular weight is 209 g/mol. The first kappa shape index (κ1) is 11.6. The van der Waals surface area contributed by atoms with Crippen LogP contribution in [0, 0.1) is 34.6 Å². The Balaban J connectivity index is 3.43. The quantitative estimate of drug-likeness (QED) is 0.749. The van der Waals surface area contributed by atoms with Crippen LogP contribution in [0.3, 0.4) is 0 Å². The Morgan fingerprint density at radius 3 is 1.43 bits per heavy atom. The van der Waals surface area contributed by atoms with Gasteiger partial charge in [-0.05, 0) is 81.4 Å². The number of rotatable bonds is 2. The fourth-order valence-electron chi connectivity index (χ4n) is 1.72. The molecule has 0 amide bonds. The molecule has 0 unspecified atom stereocenters. The largest absolute Gasteiger partial charge is 0.263 e. The van der Waals surface area contributed by atoms with Gasteiger partial charge >= 0.3 is 0 Å². The summed E-state index contributed by atoms with van der Waals surface area (Å²) in [5, 5.41) is 0. The van der Waals surface area contributed by atoms with Crippen LogP contribution in [0.4, 0.5) is 0 Å². The fraction of sp³-hybridized carbons (Fsp3) is 0.500. The van der Waals surface area contributed by atoms with E-state index in [1.807, 2.05) is 7.05 Å². The van der Waals surface area contributed by atoms with Crippen molar-refractivity contribution < 1.29 is 0 Å². The lowest BCUT2D eigenvalue weighted by molar-refractivity contribution is 1.08. The van der Waals surface area contributed by atoms with Crippen LogP contribution in [-0.2, 0) is 0 Å². The molecule has 14 heavy (non-hydrogen) atoms. The second kappa shape index (κ2) is 4.37. The van der Waals surface area contributed by atoms with Crippen molar-refractivity contribution in [2.75, 3.05) is 7.05 Å². The van der Waals surface area contributed by atoms with Gasteiger partial charge in [0, 0.05) is 4.90 Å². The van der Waals surface area contributed by atoms with E-state index < -0.39 is 0 Å². The van der Waals surface area contributed by atoms with E-state index >= 15 is 0 Å². The third kappa shape index (κ3) is 1.82. The lowest BCUT2D eigenvalue weighted by Gasteiger charge is -2.17. The van der Waals surface area contributed by atoms with Gasteiger partial charge in [-0.25, -0.2) is 0 Å². The van der Waals surface area contributed by atoms with Crippen molar-refractivity contribution in [1.29, 1.82) is 0 Å². The number of nitrogens with one attached hydrogen (secondary N) is 1. The van der Waals surface area contributed by atoms with Crippen LogP contribution in [0.5, 0.6) is 0 Å². The van der Waals surface area contributed by atoms with Gasteiger partial charge in [0.2, 0.25) is 0 Å². The second-order valence-corrected chi connectivity index (χ2v) is 4.78. The molecule has 0 saturated heterocycles. The highest BCUT2D eigenvalue weighted by Gasteiger charge is 2.11. The van der Waals surface area contributed by atoms with Crippen LogP contribution in [-0.4, -0.2) is 7.05 Å². The summed E-state index contributed by atoms with van der Waals surface area (Å²) < 4.78 is 3.16. The molecule has 0 bridgehead atoms. The summed E-state index contributed by atoms with van der Waals surface area (Å²) in [6, 6.07) is 0. The van der Waals surface area contributed by atoms with E-state index in [0.717, 1.165) is 0 Å². The minimum Gasteiger partial charge on any atom is -0.263 e. The molecule has 1 aromatic carbocycles. The molecule has 0 saturated carbocycles. The van der Waals surface area contributed by atoms with E-state index in [1.54, 1.807) is 11.9 Å². The maximum Gasteiger partial charge on any atom is 0.0291 e. The molecule has 0 heterocycles. The predicted molar refractivity (Wildman–Crippen MR) is 65.0 cm³/mol. The van der Waals surface area contributed by atoms with E-state index in [1.165, 1.54) is 32.7 Å². The van der Waals surface area contributed by atoms with E-state index in [-0.39, 0.29) is 0 Å². The Labute approximate surface area is 91.4 Å². The number of hydrogen-bond acceptors (Lipinski definition) is 2. The maximum atomic E-state index is 3.16. The van der Waals surface area contributed by atoms with Crippen molar-refractivity contribution in [3.8, 4) is 0 Å². The van der Waals surface area contributed by atoms with Gasteiger partial charge in [-0.1, -0.05) is 0 Å². The first-order valence-corrected chi connectivity index (χ1v) is 5.72. The van der Waals surface area contributed by atoms with Gasteiger partial charge in [-0.3, -0.25) is 4.72 Å². The van der Waals surface area contributed by atoms with Crippen molar-refractivity contribution in [2.45, 2.75) is 39.5 Å². The lowest BCUT2D eigenvalue weighted by atomic mass is 9.95. The van der Waals surface area contributed by atoms with Gasteiger partial charge in [0.1, 0.15) is 0 Å². The van der Waals surface area contributed by atoms with Crippen molar-refractivity contribution in [2.24, 2.45) is 0 Å². The Hall–Kier alpha value is -0.470. The molecule has 1 N–H and O–H groups in total. The normalized spacial score (nSPS) is 10.7. The highest BCUT2D eigenvalue weighted by Crippen LogP contribution is 2.31. The minimum atomic E-state index is 1.38. The Morgan fingerprint density at radius 1 is 0.714 bits per heavy atom. The second-order valence-electron chi connectivity index (χ2n) is 3.76. The lowest BCUT2D eigenvalue weighted by Crippen LogP contribution is -2.01. The number of hydrogen-bond donors (Lipinski definition) is 1. The zero-order valence-electron chi connectivity index (χ0n) is 9.91. The summed E-state index contributed by atoms with van der Waals surface area (Å²) in [6.07, 6.45) is 0. The molecule has 0 spiro atoms. The summed E-state index contributed by atoms with van der Waals surface area (Å²) >= 11 is 1.72. The van der Waals surface area contributed by atoms with Crippen molar-refractivity contribution >= 4 is 11.9 Å². The molecule has 0 atom stereocenters. The molecular formula is C12H19NS. The predicted octanol–water partition coefficient (Wildman–Crippen LogP) is 3.46. The summed E-state index contributed by atoms with van der Waals surface area (Å²) in [4.78, 5) is 1.38. The molecule has 0 aliphatic carbocycles. The average Bonchev–Trinajstić information content (AvgIpc) is 2.19. The molecule has 2 heteroatoms. The molecular weight excluding hydrogens is 190 g/mol. The van der Waals surface area contributed by atoms with Crippen LogP contribution in [0.1, 0.15) is 27.8 Å². The summed E-state index contributed by atoms with van der Waals surface area (Å²) in [6.45, 7) is 11.0. The van der Waals surface area contributed by atoms with Gasteiger partial charge in [0.05, 0.1) is 0 Å². The third-order valence-electron chi connectivity index (χ3n) is 3.14. The minimum absolute atomic E-state index is 1.38. The highest BCUT2D eigenvalue weighted by atomic mass is 32.2. The monoisotopic (exact) mass is 209 g/mol. The molecule has 0 fully saturated rings. The van der Waals surface area contributed by atoms with Crippen molar-refractivity contribution in [3.05, 3.63) is 27.8 Å². The topological polar surface area (TPSA) is 12.0 Å². The Bertz CT molecular complexity index is 327. The van der Waals surface area contributed by atoms with Crippen molar-refractivity contribution in [1.82, 2.24) is 4.72 Å². The maximum absolute atomic E-state index is 3.16. The van der Waals surface area contributed by atoms with E-state index in [0.29, 0.717) is 0 Å². The van der Waals surface area contributed by atoms with Gasteiger partial charge in [-0.2, -0.15) is 0 Å². The Kier molecular flexibility index (Phi) is 3.62. The standard InChI is InChI=1S/C12H19NS/c1-7-8(2)10(4)12(14-13-6)11(5)9(7)3/h13H,1-6H3. The molecule has 0 aliphatic heterocycles. The van der Waals surface area contributed by atoms with E-state index in [9.17, 15) is 0 Å². The molecule has 0 aromatic heterocycles. The molecule has 1 aromatic rings. The van der Waals surface area contributed by atoms with Gasteiger partial charge in [0.15, 0.2) is 0 Å². The summed E-state index contributed by atoms with van der Waals surface area (Å²) in [5.74, 6) is 0. The molecule has 1 nitrogen and oxygen atoms in total. The van der Waals surface area contributed by atoms with Crippen LogP contribution < -0.4 is 4.72 Å². The van der Waals surface area contributed by atoms with Crippen LogP contribution in [0.2, 0.25) is 0 Å². The fourth-order valence-corrected chi connectivity index (χ4v) is 2.54. The zero-order valence-corrected chi connectivity index (χ0v) is 10.7. The number of benzene rings is 1. The van der Waals surface area contributed by atoms with Gasteiger partial charge < -0.3 is 0 Å². The summed E-state index contributed by atoms with van der Waals surface area (Å²) in [7, 11) is 1.97. The zero-order chi connectivity index (χ0) is 10.9. The Morgan fingerprint density at radius 2 is 1.07 bits per heavy atom. The first-order chi connectivity index (χ1) is 6.50. The van der Waals surface area contributed by atoms with Crippen LogP contribution >= 0.6 is 11.9 Å². The van der Waals surface area contributed by atoms with E-state index in [4.69, 9.17) is 0 Å². The third-order valence-corrected chi connectivity index (χ3v) is 4.16. The van der Waals surface area contributed by atoms with Crippen LogP contribution in [0.25, 0.3) is 0 Å². The first-order valence-electron chi connectivity index (χ1n) is 4.91. The van der Waals surface area contributed by atoms with Crippen molar-refractivity contribution in [3.63, 3.8) is 0 Å². The molecule has 0 aliphatic rings.